The second kappa shape index (κ2) is 10.8. The Hall–Kier alpha value is -4.05. The predicted molar refractivity (Wildman–Crippen MR) is 140 cm³/mol. The van der Waals surface area contributed by atoms with Crippen LogP contribution in [-0.2, 0) is 25.5 Å². The van der Waals surface area contributed by atoms with Crippen molar-refractivity contribution in [2.75, 3.05) is 7.11 Å². The van der Waals surface area contributed by atoms with E-state index in [9.17, 15) is 52.8 Å². The van der Waals surface area contributed by atoms with Gasteiger partial charge in [0.2, 0.25) is 5.78 Å². The zero-order valence-corrected chi connectivity index (χ0v) is 23.5. The number of carbonyl (C=O) groups is 4. The van der Waals surface area contributed by atoms with Gasteiger partial charge in [-0.15, -0.1) is 0 Å². The van der Waals surface area contributed by atoms with Gasteiger partial charge >= 0.3 is 12.1 Å². The van der Waals surface area contributed by atoms with Crippen molar-refractivity contribution in [2.24, 2.45) is 0 Å². The number of phenolic OH excluding ortho intramolecular Hbond substituents is 2. The zero-order valence-electron chi connectivity index (χ0n) is 23.5. The van der Waals surface area contributed by atoms with E-state index in [0.29, 0.717) is 0 Å². The van der Waals surface area contributed by atoms with Gasteiger partial charge in [-0.1, -0.05) is 12.1 Å². The molecule has 0 aromatic heterocycles. The molecule has 6 atom stereocenters. The van der Waals surface area contributed by atoms with E-state index in [0.717, 1.165) is 6.92 Å². The summed E-state index contributed by atoms with van der Waals surface area (Å²) in [6.07, 6.45) is -12.7. The summed E-state index contributed by atoms with van der Waals surface area (Å²) in [5.74, 6) is -6.32. The summed E-state index contributed by atoms with van der Waals surface area (Å²) in [5.41, 5.74) is -4.15. The third-order valence-corrected chi connectivity index (χ3v) is 8.33. The van der Waals surface area contributed by atoms with Crippen LogP contribution < -0.4 is 10.1 Å². The third kappa shape index (κ3) is 4.99. The minimum absolute atomic E-state index is 0.0250. The van der Waals surface area contributed by atoms with Gasteiger partial charge in [-0.25, -0.2) is 0 Å². The van der Waals surface area contributed by atoms with E-state index in [4.69, 9.17) is 14.2 Å². The number of nitrogens with one attached hydrogen (secondary N) is 1. The highest BCUT2D eigenvalue weighted by atomic mass is 19.4. The SMILES string of the molecule is COc1cccc2c1C(=O)c1c(O)c3c(c(O)c1C2=O)C[C@@](O)(C(C)=O)C[C@@H]3OC1C[C@@H](NC(=O)C(F)(F)F)[C@H](O)[C@H](C)O1. The van der Waals surface area contributed by atoms with Crippen LogP contribution in [0.15, 0.2) is 18.2 Å². The summed E-state index contributed by atoms with van der Waals surface area (Å²) in [6, 6.07) is 2.71. The molecule has 2 aromatic carbocycles. The number of alkyl halides is 3. The molecule has 0 saturated carbocycles. The quantitative estimate of drug-likeness (QED) is 0.261. The first-order chi connectivity index (χ1) is 20.5. The zero-order chi connectivity index (χ0) is 32.5. The first-order valence-electron chi connectivity index (χ1n) is 13.5. The average Bonchev–Trinajstić information content (AvgIpc) is 2.94. The molecule has 5 N–H and O–H groups in total. The van der Waals surface area contributed by atoms with Crippen LogP contribution in [-0.4, -0.2) is 87.1 Å². The van der Waals surface area contributed by atoms with Crippen LogP contribution in [0.5, 0.6) is 17.2 Å². The van der Waals surface area contributed by atoms with Crippen LogP contribution >= 0.6 is 0 Å². The molecular formula is C29H28F3NO11. The molecule has 236 valence electrons. The first kappa shape index (κ1) is 31.4. The molecule has 2 aliphatic carbocycles. The van der Waals surface area contributed by atoms with Crippen molar-refractivity contribution in [1.82, 2.24) is 5.32 Å². The standard InChI is InChI=1S/C29H28F3NO11/c1-10-22(35)14(33-27(40)29(30,31)32)7-17(43-10)44-16-9-28(41,11(2)34)8-13-19(16)26(39)21-20(24(13)37)23(36)12-5-4-6-15(42-3)18(12)25(21)38/h4-6,10,14,16-17,22,35,37,39,41H,7-9H2,1-3H3,(H,33,40)/t10-,14+,16-,17?,22+,28-/m0/s1. The molecule has 3 aliphatic rings. The van der Waals surface area contributed by atoms with Crippen molar-refractivity contribution < 1.29 is 67.0 Å². The Kier molecular flexibility index (Phi) is 7.73. The molecule has 0 bridgehead atoms. The van der Waals surface area contributed by atoms with E-state index in [1.54, 1.807) is 5.32 Å². The summed E-state index contributed by atoms with van der Waals surface area (Å²) in [5, 5.41) is 46.2. The number of ketones is 3. The maximum Gasteiger partial charge on any atom is 0.471 e. The molecule has 0 spiro atoms. The molecule has 1 unspecified atom stereocenters. The van der Waals surface area contributed by atoms with E-state index in [-0.39, 0.29) is 28.0 Å². The normalized spacial score (nSPS) is 28.0. The van der Waals surface area contributed by atoms with Crippen LogP contribution in [0.1, 0.15) is 75.8 Å². The summed E-state index contributed by atoms with van der Waals surface area (Å²) in [7, 11) is 1.27. The number of amides is 1. The largest absolute Gasteiger partial charge is 0.507 e. The highest BCUT2D eigenvalue weighted by molar-refractivity contribution is 6.31. The Morgan fingerprint density at radius 1 is 1.09 bits per heavy atom. The summed E-state index contributed by atoms with van der Waals surface area (Å²) >= 11 is 0. The van der Waals surface area contributed by atoms with Gasteiger partial charge < -0.3 is 40.0 Å². The number of hydrogen-bond acceptors (Lipinski definition) is 11. The molecule has 1 aliphatic heterocycles. The fourth-order valence-electron chi connectivity index (χ4n) is 6.02. The average molecular weight is 624 g/mol. The number of phenols is 2. The highest BCUT2D eigenvalue weighted by Crippen LogP contribution is 2.52. The highest BCUT2D eigenvalue weighted by Gasteiger charge is 2.50. The number of aromatic hydroxyl groups is 2. The van der Waals surface area contributed by atoms with Gasteiger partial charge in [-0.05, 0) is 19.9 Å². The number of benzene rings is 2. The maximum absolute atomic E-state index is 13.7. The number of aliphatic hydroxyl groups is 2. The lowest BCUT2D eigenvalue weighted by Gasteiger charge is -2.42. The van der Waals surface area contributed by atoms with Gasteiger partial charge in [0.05, 0.1) is 42.0 Å². The van der Waals surface area contributed by atoms with Crippen LogP contribution in [0.4, 0.5) is 13.2 Å². The predicted octanol–water partition coefficient (Wildman–Crippen LogP) is 1.75. The van der Waals surface area contributed by atoms with Crippen molar-refractivity contribution in [3.63, 3.8) is 0 Å². The van der Waals surface area contributed by atoms with Crippen molar-refractivity contribution in [3.05, 3.63) is 51.6 Å². The number of hydrogen-bond donors (Lipinski definition) is 5. The number of aliphatic hydroxyl groups excluding tert-OH is 1. The molecule has 15 heteroatoms. The second-order valence-corrected chi connectivity index (χ2v) is 11.0. The maximum atomic E-state index is 13.7. The number of rotatable bonds is 5. The molecule has 5 rings (SSSR count). The lowest BCUT2D eigenvalue weighted by atomic mass is 9.72. The smallest absolute Gasteiger partial charge is 0.471 e. The second-order valence-electron chi connectivity index (χ2n) is 11.0. The summed E-state index contributed by atoms with van der Waals surface area (Å²) in [6.45, 7) is 2.37. The Labute approximate surface area is 247 Å². The van der Waals surface area contributed by atoms with Gasteiger partial charge in [0, 0.05) is 36.0 Å². The lowest BCUT2D eigenvalue weighted by Crippen LogP contribution is -2.57. The summed E-state index contributed by atoms with van der Waals surface area (Å²) < 4.78 is 55.5. The van der Waals surface area contributed by atoms with Gasteiger partial charge in [0.1, 0.15) is 29.0 Å². The monoisotopic (exact) mass is 623 g/mol. The number of fused-ring (bicyclic) bond motifs is 3. The molecule has 1 fully saturated rings. The molecular weight excluding hydrogens is 595 g/mol. The van der Waals surface area contributed by atoms with Crippen LogP contribution in [0.2, 0.25) is 0 Å². The van der Waals surface area contributed by atoms with Crippen molar-refractivity contribution in [3.8, 4) is 17.2 Å². The Morgan fingerprint density at radius 3 is 2.36 bits per heavy atom. The molecule has 2 aromatic rings. The molecule has 12 nitrogen and oxygen atoms in total. The lowest BCUT2D eigenvalue weighted by molar-refractivity contribution is -0.250. The fraction of sp³-hybridized carbons (Fsp3) is 0.448. The van der Waals surface area contributed by atoms with E-state index < -0.39 is 108 Å². The molecule has 44 heavy (non-hydrogen) atoms. The molecule has 0 radical (unpaired) electrons. The Morgan fingerprint density at radius 2 is 1.75 bits per heavy atom. The van der Waals surface area contributed by atoms with Crippen LogP contribution in [0.3, 0.4) is 0 Å². The number of carbonyl (C=O) groups excluding carboxylic acids is 4. The molecule has 1 saturated heterocycles. The van der Waals surface area contributed by atoms with E-state index in [2.05, 4.69) is 0 Å². The van der Waals surface area contributed by atoms with E-state index in [1.165, 1.54) is 32.2 Å². The third-order valence-electron chi connectivity index (χ3n) is 8.33. The van der Waals surface area contributed by atoms with Gasteiger partial charge in [0.15, 0.2) is 17.9 Å². The molecule has 1 heterocycles. The van der Waals surface area contributed by atoms with Crippen LogP contribution in [0, 0.1) is 0 Å². The number of ether oxygens (including phenoxy) is 3. The summed E-state index contributed by atoms with van der Waals surface area (Å²) in [4.78, 5) is 51.4. The minimum atomic E-state index is -5.24. The number of methoxy groups -OCH3 is 1. The van der Waals surface area contributed by atoms with E-state index in [1.807, 2.05) is 0 Å². The minimum Gasteiger partial charge on any atom is -0.507 e. The van der Waals surface area contributed by atoms with Crippen molar-refractivity contribution in [1.29, 1.82) is 0 Å². The number of halogens is 3. The van der Waals surface area contributed by atoms with Gasteiger partial charge in [0.25, 0.3) is 0 Å². The molecule has 1 amide bonds. The Bertz CT molecular complexity index is 1590. The topological polar surface area (TPSA) is 189 Å². The van der Waals surface area contributed by atoms with Gasteiger partial charge in [-0.3, -0.25) is 19.2 Å². The Balaban J connectivity index is 1.60. The van der Waals surface area contributed by atoms with Crippen molar-refractivity contribution >= 4 is 23.3 Å². The van der Waals surface area contributed by atoms with E-state index >= 15 is 0 Å². The number of Topliss-reactive ketones (excluding diaryl/α,β-unsaturated/α-hetero) is 1. The van der Waals surface area contributed by atoms with Gasteiger partial charge in [-0.2, -0.15) is 13.2 Å². The van der Waals surface area contributed by atoms with Crippen LogP contribution in [0.25, 0.3) is 0 Å². The van der Waals surface area contributed by atoms with Crippen molar-refractivity contribution in [2.45, 2.75) is 75.5 Å². The first-order valence-corrected chi connectivity index (χ1v) is 13.5. The fourth-order valence-corrected chi connectivity index (χ4v) is 6.02.